The van der Waals surface area contributed by atoms with Crippen molar-refractivity contribution in [2.45, 2.75) is 13.0 Å². The Labute approximate surface area is 112 Å². The number of benzene rings is 1. The summed E-state index contributed by atoms with van der Waals surface area (Å²) in [7, 11) is 0. The van der Waals surface area contributed by atoms with Crippen LogP contribution in [-0.4, -0.2) is 4.92 Å². The van der Waals surface area contributed by atoms with Gasteiger partial charge in [-0.2, -0.15) is 0 Å². The molecule has 1 aromatic carbocycles. The molecule has 6 heteroatoms. The first-order valence-corrected chi connectivity index (χ1v) is 6.12. The van der Waals surface area contributed by atoms with Crippen molar-refractivity contribution in [3.8, 4) is 0 Å². The Balaban J connectivity index is 2.21. The molecule has 0 aliphatic heterocycles. The van der Waals surface area contributed by atoms with Crippen LogP contribution in [0.25, 0.3) is 0 Å². The summed E-state index contributed by atoms with van der Waals surface area (Å²) >= 11 is 3.22. The summed E-state index contributed by atoms with van der Waals surface area (Å²) in [6.07, 6.45) is 0. The predicted molar refractivity (Wildman–Crippen MR) is 71.5 cm³/mol. The third-order valence-corrected chi connectivity index (χ3v) is 2.92. The highest BCUT2D eigenvalue weighted by Gasteiger charge is 2.16. The molecule has 1 unspecified atom stereocenters. The Morgan fingerprint density at radius 1 is 1.33 bits per heavy atom. The number of hydrogen-bond acceptors (Lipinski definition) is 4. The first-order chi connectivity index (χ1) is 8.58. The van der Waals surface area contributed by atoms with Crippen LogP contribution in [0.2, 0.25) is 0 Å². The van der Waals surface area contributed by atoms with Crippen LogP contribution in [0, 0.1) is 10.1 Å². The number of hydrogen-bond donors (Lipinski definition) is 1. The van der Waals surface area contributed by atoms with Crippen LogP contribution in [-0.2, 0) is 0 Å². The van der Waals surface area contributed by atoms with Gasteiger partial charge < -0.3 is 9.73 Å². The highest BCUT2D eigenvalue weighted by molar-refractivity contribution is 9.10. The molecule has 0 saturated heterocycles. The summed E-state index contributed by atoms with van der Waals surface area (Å²) in [5.74, 6) is 0.708. The van der Waals surface area contributed by atoms with Crippen molar-refractivity contribution in [1.82, 2.24) is 0 Å². The molecule has 5 nitrogen and oxygen atoms in total. The van der Waals surface area contributed by atoms with Crippen LogP contribution in [0.3, 0.4) is 0 Å². The summed E-state index contributed by atoms with van der Waals surface area (Å²) in [6.45, 7) is 1.88. The summed E-state index contributed by atoms with van der Waals surface area (Å²) in [5, 5.41) is 13.9. The molecule has 0 amide bonds. The van der Waals surface area contributed by atoms with Crippen LogP contribution >= 0.6 is 15.9 Å². The molecule has 1 heterocycles. The first-order valence-electron chi connectivity index (χ1n) is 5.33. The maximum atomic E-state index is 10.9. The molecule has 1 aromatic heterocycles. The van der Waals surface area contributed by atoms with E-state index in [1.165, 1.54) is 6.07 Å². The summed E-state index contributed by atoms with van der Waals surface area (Å²) in [5.41, 5.74) is 0.525. The predicted octanol–water partition coefficient (Wildman–Crippen LogP) is 4.12. The van der Waals surface area contributed by atoms with E-state index in [-0.39, 0.29) is 11.7 Å². The third kappa shape index (κ3) is 2.70. The number of halogens is 1. The van der Waals surface area contributed by atoms with Gasteiger partial charge in [-0.25, -0.2) is 0 Å². The fourth-order valence-corrected chi connectivity index (χ4v) is 1.94. The smallest absolute Gasteiger partial charge is 0.292 e. The van der Waals surface area contributed by atoms with Crippen LogP contribution in [0.1, 0.15) is 18.7 Å². The molecule has 0 saturated carbocycles. The summed E-state index contributed by atoms with van der Waals surface area (Å²) in [4.78, 5) is 10.5. The van der Waals surface area contributed by atoms with Gasteiger partial charge in [-0.05, 0) is 41.1 Å². The van der Waals surface area contributed by atoms with Crippen molar-refractivity contribution >= 4 is 27.3 Å². The molecular formula is C12H11BrN2O3. The molecular weight excluding hydrogens is 300 g/mol. The van der Waals surface area contributed by atoms with Gasteiger partial charge in [0.25, 0.3) is 5.69 Å². The maximum absolute atomic E-state index is 10.9. The minimum absolute atomic E-state index is 0.0509. The van der Waals surface area contributed by atoms with Gasteiger partial charge in [-0.1, -0.05) is 12.1 Å². The molecule has 0 aliphatic rings. The van der Waals surface area contributed by atoms with Gasteiger partial charge in [0.2, 0.25) is 0 Å². The van der Waals surface area contributed by atoms with Gasteiger partial charge in [0, 0.05) is 6.07 Å². The average molecular weight is 311 g/mol. The van der Waals surface area contributed by atoms with E-state index in [0.29, 0.717) is 16.1 Å². The third-order valence-electron chi connectivity index (χ3n) is 2.49. The number of nitrogens with zero attached hydrogens (tertiary/aromatic N) is 1. The monoisotopic (exact) mass is 310 g/mol. The maximum Gasteiger partial charge on any atom is 0.292 e. The Bertz CT molecular complexity index is 568. The second-order valence-corrected chi connectivity index (χ2v) is 4.56. The van der Waals surface area contributed by atoms with Crippen LogP contribution in [0.15, 0.2) is 45.5 Å². The zero-order valence-electron chi connectivity index (χ0n) is 9.59. The minimum Gasteiger partial charge on any atom is -0.452 e. The number of para-hydroxylation sites is 2. The highest BCUT2D eigenvalue weighted by Crippen LogP contribution is 2.29. The first kappa shape index (κ1) is 12.6. The molecule has 0 aliphatic carbocycles. The minimum atomic E-state index is -0.410. The lowest BCUT2D eigenvalue weighted by Gasteiger charge is -2.12. The van der Waals surface area contributed by atoms with E-state index in [0.717, 1.165) is 0 Å². The fourth-order valence-electron chi connectivity index (χ4n) is 1.62. The molecule has 1 N–H and O–H groups in total. The van der Waals surface area contributed by atoms with E-state index in [1.54, 1.807) is 24.3 Å². The molecule has 18 heavy (non-hydrogen) atoms. The largest absolute Gasteiger partial charge is 0.452 e. The van der Waals surface area contributed by atoms with Gasteiger partial charge in [0.05, 0.1) is 11.0 Å². The topological polar surface area (TPSA) is 68.3 Å². The van der Waals surface area contributed by atoms with E-state index in [9.17, 15) is 10.1 Å². The van der Waals surface area contributed by atoms with Crippen molar-refractivity contribution in [3.05, 3.63) is 56.9 Å². The molecule has 0 bridgehead atoms. The average Bonchev–Trinajstić information content (AvgIpc) is 2.76. The van der Waals surface area contributed by atoms with Crippen molar-refractivity contribution in [3.63, 3.8) is 0 Å². The SMILES string of the molecule is CC(Nc1ccccc1[N+](=O)[O-])c1ccc(Br)o1. The quantitative estimate of drug-likeness (QED) is 0.681. The number of rotatable bonds is 4. The second kappa shape index (κ2) is 5.22. The fraction of sp³-hybridized carbons (Fsp3) is 0.167. The van der Waals surface area contributed by atoms with Crippen molar-refractivity contribution in [2.24, 2.45) is 0 Å². The van der Waals surface area contributed by atoms with E-state index in [4.69, 9.17) is 4.42 Å². The van der Waals surface area contributed by atoms with E-state index in [2.05, 4.69) is 21.2 Å². The molecule has 0 fully saturated rings. The normalized spacial score (nSPS) is 12.1. The molecule has 2 aromatic rings. The zero-order valence-corrected chi connectivity index (χ0v) is 11.2. The zero-order chi connectivity index (χ0) is 13.1. The lowest BCUT2D eigenvalue weighted by atomic mass is 10.2. The van der Waals surface area contributed by atoms with Crippen molar-refractivity contribution in [2.75, 3.05) is 5.32 Å². The van der Waals surface area contributed by atoms with Gasteiger partial charge in [-0.15, -0.1) is 0 Å². The van der Waals surface area contributed by atoms with Gasteiger partial charge in [0.1, 0.15) is 11.4 Å². The number of nitro benzene ring substituents is 1. The second-order valence-electron chi connectivity index (χ2n) is 3.78. The van der Waals surface area contributed by atoms with E-state index < -0.39 is 4.92 Å². The molecule has 94 valence electrons. The lowest BCUT2D eigenvalue weighted by Crippen LogP contribution is -2.07. The van der Waals surface area contributed by atoms with Gasteiger partial charge in [0.15, 0.2) is 4.67 Å². The Morgan fingerprint density at radius 3 is 2.67 bits per heavy atom. The number of nitro groups is 1. The van der Waals surface area contributed by atoms with Gasteiger partial charge in [-0.3, -0.25) is 10.1 Å². The summed E-state index contributed by atoms with van der Waals surface area (Å²) in [6, 6.07) is 9.97. The van der Waals surface area contributed by atoms with Crippen molar-refractivity contribution in [1.29, 1.82) is 0 Å². The Hall–Kier alpha value is -1.82. The number of furan rings is 1. The highest BCUT2D eigenvalue weighted by atomic mass is 79.9. The van der Waals surface area contributed by atoms with Crippen LogP contribution in [0.4, 0.5) is 11.4 Å². The molecule has 0 spiro atoms. The standard InChI is InChI=1S/C12H11BrN2O3/c1-8(11-6-7-12(13)18-11)14-9-4-2-3-5-10(9)15(16)17/h2-8,14H,1H3. The number of anilines is 1. The molecule has 1 atom stereocenters. The van der Waals surface area contributed by atoms with Crippen LogP contribution in [0.5, 0.6) is 0 Å². The number of nitrogens with one attached hydrogen (secondary N) is 1. The molecule has 0 radical (unpaired) electrons. The molecule has 2 rings (SSSR count). The van der Waals surface area contributed by atoms with Crippen LogP contribution < -0.4 is 5.32 Å². The van der Waals surface area contributed by atoms with E-state index in [1.807, 2.05) is 13.0 Å². The van der Waals surface area contributed by atoms with Gasteiger partial charge >= 0.3 is 0 Å². The Morgan fingerprint density at radius 2 is 2.06 bits per heavy atom. The summed E-state index contributed by atoms with van der Waals surface area (Å²) < 4.78 is 6.04. The lowest BCUT2D eigenvalue weighted by molar-refractivity contribution is -0.384. The van der Waals surface area contributed by atoms with E-state index >= 15 is 0 Å². The Kier molecular flexibility index (Phi) is 3.66. The van der Waals surface area contributed by atoms with Crippen molar-refractivity contribution < 1.29 is 9.34 Å².